The summed E-state index contributed by atoms with van der Waals surface area (Å²) in [5, 5.41) is 17.2. The molecule has 0 radical (unpaired) electrons. The van der Waals surface area contributed by atoms with Crippen molar-refractivity contribution >= 4 is 23.1 Å². The highest BCUT2D eigenvalue weighted by Crippen LogP contribution is 2.35. The van der Waals surface area contributed by atoms with Crippen molar-refractivity contribution in [3.05, 3.63) is 22.4 Å². The van der Waals surface area contributed by atoms with Gasteiger partial charge >= 0.3 is 0 Å². The fourth-order valence-corrected chi connectivity index (χ4v) is 3.66. The van der Waals surface area contributed by atoms with E-state index in [-0.39, 0.29) is 11.7 Å². The van der Waals surface area contributed by atoms with Gasteiger partial charge in [-0.15, -0.1) is 11.3 Å². The zero-order valence-electron chi connectivity index (χ0n) is 12.2. The Kier molecular flexibility index (Phi) is 5.61. The highest BCUT2D eigenvalue weighted by atomic mass is 32.1. The third kappa shape index (κ3) is 3.75. The minimum Gasteiger partial charge on any atom is -0.409 e. The van der Waals surface area contributed by atoms with Gasteiger partial charge in [-0.3, -0.25) is 4.79 Å². The molecule has 21 heavy (non-hydrogen) atoms. The maximum absolute atomic E-state index is 12.6. The minimum atomic E-state index is -0.833. The number of hydrogen-bond donors (Lipinski definition) is 3. The topological polar surface area (TPSA) is 87.7 Å². The second-order valence-electron chi connectivity index (χ2n) is 5.57. The van der Waals surface area contributed by atoms with Crippen molar-refractivity contribution < 1.29 is 10.0 Å². The molecule has 0 saturated heterocycles. The monoisotopic (exact) mass is 309 g/mol. The average molecular weight is 309 g/mol. The first-order valence-electron chi connectivity index (χ1n) is 7.48. The number of rotatable bonds is 5. The Morgan fingerprint density at radius 3 is 2.67 bits per heavy atom. The quantitative estimate of drug-likeness (QED) is 0.257. The van der Waals surface area contributed by atoms with E-state index in [0.717, 1.165) is 32.1 Å². The van der Waals surface area contributed by atoms with E-state index in [2.05, 4.69) is 16.5 Å². The van der Waals surface area contributed by atoms with Crippen LogP contribution in [0.1, 0.15) is 43.4 Å². The van der Waals surface area contributed by atoms with Gasteiger partial charge in [0.25, 0.3) is 0 Å². The molecule has 1 heterocycles. The van der Waals surface area contributed by atoms with E-state index in [0.29, 0.717) is 19.4 Å². The summed E-state index contributed by atoms with van der Waals surface area (Å²) in [7, 11) is 0. The van der Waals surface area contributed by atoms with Crippen molar-refractivity contribution in [2.24, 2.45) is 16.3 Å². The van der Waals surface area contributed by atoms with Crippen molar-refractivity contribution in [2.45, 2.75) is 44.9 Å². The van der Waals surface area contributed by atoms with E-state index >= 15 is 0 Å². The van der Waals surface area contributed by atoms with Crippen LogP contribution in [0.3, 0.4) is 0 Å². The first kappa shape index (κ1) is 15.8. The second-order valence-corrected chi connectivity index (χ2v) is 6.60. The van der Waals surface area contributed by atoms with Crippen LogP contribution in [-0.2, 0) is 11.2 Å². The summed E-state index contributed by atoms with van der Waals surface area (Å²) >= 11 is 1.68. The fourth-order valence-electron chi connectivity index (χ4n) is 2.95. The highest BCUT2D eigenvalue weighted by molar-refractivity contribution is 7.09. The first-order chi connectivity index (χ1) is 10.2. The number of amidine groups is 1. The maximum atomic E-state index is 12.6. The second kappa shape index (κ2) is 7.45. The lowest BCUT2D eigenvalue weighted by atomic mass is 9.78. The smallest absolute Gasteiger partial charge is 0.233 e. The molecule has 116 valence electrons. The first-order valence-corrected chi connectivity index (χ1v) is 8.36. The number of thiophene rings is 1. The van der Waals surface area contributed by atoms with Crippen LogP contribution in [0.25, 0.3) is 0 Å². The summed E-state index contributed by atoms with van der Waals surface area (Å²) < 4.78 is 0. The fraction of sp³-hybridized carbons (Fsp3) is 0.600. The van der Waals surface area contributed by atoms with E-state index in [1.807, 2.05) is 11.4 Å². The number of nitrogens with one attached hydrogen (secondary N) is 1. The molecule has 1 fully saturated rings. The molecule has 2 rings (SSSR count). The molecule has 1 aromatic heterocycles. The molecule has 1 amide bonds. The predicted molar refractivity (Wildman–Crippen MR) is 84.6 cm³/mol. The van der Waals surface area contributed by atoms with Gasteiger partial charge in [-0.2, -0.15) is 0 Å². The molecule has 0 bridgehead atoms. The molecule has 0 aromatic carbocycles. The Morgan fingerprint density at radius 1 is 1.38 bits per heavy atom. The molecule has 1 aromatic rings. The molecule has 5 nitrogen and oxygen atoms in total. The summed E-state index contributed by atoms with van der Waals surface area (Å²) in [6, 6.07) is 4.06. The predicted octanol–water partition coefficient (Wildman–Crippen LogP) is 2.49. The summed E-state index contributed by atoms with van der Waals surface area (Å²) in [6.07, 6.45) is 6.21. The number of nitrogens with zero attached hydrogens (tertiary/aromatic N) is 1. The van der Waals surface area contributed by atoms with Crippen LogP contribution >= 0.6 is 11.3 Å². The zero-order valence-corrected chi connectivity index (χ0v) is 13.0. The van der Waals surface area contributed by atoms with E-state index in [9.17, 15) is 4.79 Å². The Bertz CT molecular complexity index is 477. The summed E-state index contributed by atoms with van der Waals surface area (Å²) in [5.74, 6) is -0.0470. The molecule has 0 spiro atoms. The molecule has 4 N–H and O–H groups in total. The van der Waals surface area contributed by atoms with E-state index < -0.39 is 5.41 Å². The van der Waals surface area contributed by atoms with Crippen molar-refractivity contribution in [3.8, 4) is 0 Å². The van der Waals surface area contributed by atoms with E-state index in [1.165, 1.54) is 4.88 Å². The summed E-state index contributed by atoms with van der Waals surface area (Å²) in [4.78, 5) is 13.9. The van der Waals surface area contributed by atoms with Gasteiger partial charge in [-0.1, -0.05) is 36.9 Å². The van der Waals surface area contributed by atoms with Crippen LogP contribution in [0, 0.1) is 5.41 Å². The standard InChI is InChI=1S/C15H23N3O2S/c16-13(18-20)15(8-3-1-2-4-9-15)14(19)17-10-7-12-6-5-11-21-12/h5-6,11,20H,1-4,7-10H2,(H2,16,18)(H,17,19). The van der Waals surface area contributed by atoms with Crippen LogP contribution < -0.4 is 11.1 Å². The number of nitrogens with two attached hydrogens (primary N) is 1. The zero-order chi connectivity index (χ0) is 15.1. The molecular formula is C15H23N3O2S. The van der Waals surface area contributed by atoms with Gasteiger partial charge in [-0.25, -0.2) is 0 Å². The maximum Gasteiger partial charge on any atom is 0.233 e. The minimum absolute atomic E-state index is 0.0537. The summed E-state index contributed by atoms with van der Waals surface area (Å²) in [5.41, 5.74) is 5.03. The molecule has 6 heteroatoms. The molecule has 1 aliphatic carbocycles. The van der Waals surface area contributed by atoms with Crippen molar-refractivity contribution in [1.82, 2.24) is 5.32 Å². The Labute approximate surface area is 129 Å². The lowest BCUT2D eigenvalue weighted by molar-refractivity contribution is -0.128. The van der Waals surface area contributed by atoms with Gasteiger partial charge < -0.3 is 16.3 Å². The lowest BCUT2D eigenvalue weighted by Crippen LogP contribution is -2.50. The highest BCUT2D eigenvalue weighted by Gasteiger charge is 2.42. The van der Waals surface area contributed by atoms with Gasteiger partial charge in [0.15, 0.2) is 5.84 Å². The third-order valence-electron chi connectivity index (χ3n) is 4.23. The van der Waals surface area contributed by atoms with Crippen LogP contribution in [0.15, 0.2) is 22.7 Å². The van der Waals surface area contributed by atoms with Crippen LogP contribution in [0.4, 0.5) is 0 Å². The Balaban J connectivity index is 2.00. The number of amides is 1. The van der Waals surface area contributed by atoms with Crippen LogP contribution in [-0.4, -0.2) is 23.5 Å². The van der Waals surface area contributed by atoms with Crippen LogP contribution in [0.2, 0.25) is 0 Å². The van der Waals surface area contributed by atoms with Gasteiger partial charge in [-0.05, 0) is 30.7 Å². The number of oxime groups is 1. The number of carbonyl (C=O) groups is 1. The molecular weight excluding hydrogens is 286 g/mol. The van der Waals surface area contributed by atoms with Crippen molar-refractivity contribution in [1.29, 1.82) is 0 Å². The summed E-state index contributed by atoms with van der Waals surface area (Å²) in [6.45, 7) is 0.583. The van der Waals surface area contributed by atoms with Gasteiger partial charge in [0.1, 0.15) is 5.41 Å². The average Bonchev–Trinajstić information content (AvgIpc) is 2.88. The SMILES string of the molecule is NC(=NO)C1(C(=O)NCCc2cccs2)CCCCCC1. The molecule has 0 atom stereocenters. The third-order valence-corrected chi connectivity index (χ3v) is 5.16. The molecule has 0 aliphatic heterocycles. The molecule has 1 saturated carbocycles. The number of carbonyl (C=O) groups excluding carboxylic acids is 1. The molecule has 0 unspecified atom stereocenters. The Morgan fingerprint density at radius 2 is 2.10 bits per heavy atom. The van der Waals surface area contributed by atoms with Crippen LogP contribution in [0.5, 0.6) is 0 Å². The largest absolute Gasteiger partial charge is 0.409 e. The molecule has 1 aliphatic rings. The lowest BCUT2D eigenvalue weighted by Gasteiger charge is -2.29. The van der Waals surface area contributed by atoms with Gasteiger partial charge in [0.2, 0.25) is 5.91 Å². The number of hydrogen-bond acceptors (Lipinski definition) is 4. The Hall–Kier alpha value is -1.56. The van der Waals surface area contributed by atoms with Gasteiger partial charge in [0, 0.05) is 11.4 Å². The van der Waals surface area contributed by atoms with Gasteiger partial charge in [0.05, 0.1) is 0 Å². The van der Waals surface area contributed by atoms with E-state index in [4.69, 9.17) is 10.9 Å². The van der Waals surface area contributed by atoms with Crippen molar-refractivity contribution in [3.63, 3.8) is 0 Å². The van der Waals surface area contributed by atoms with Crippen molar-refractivity contribution in [2.75, 3.05) is 6.54 Å². The van der Waals surface area contributed by atoms with E-state index in [1.54, 1.807) is 11.3 Å². The normalized spacial score (nSPS) is 19.0.